The van der Waals surface area contributed by atoms with Gasteiger partial charge in [0.1, 0.15) is 6.10 Å². The maximum atomic E-state index is 12.7. The van der Waals surface area contributed by atoms with E-state index in [2.05, 4.69) is 9.88 Å². The number of likely N-dealkylation sites (tertiary alicyclic amines) is 1. The van der Waals surface area contributed by atoms with Gasteiger partial charge in [0.05, 0.1) is 5.75 Å². The molecule has 0 atom stereocenters. The number of piperidine rings is 2. The molecule has 2 saturated heterocycles. The summed E-state index contributed by atoms with van der Waals surface area (Å²) in [5, 5.41) is 2.69. The summed E-state index contributed by atoms with van der Waals surface area (Å²) in [4.78, 5) is 6.72. The third-order valence-electron chi connectivity index (χ3n) is 5.68. The van der Waals surface area contributed by atoms with Gasteiger partial charge in [-0.2, -0.15) is 0 Å². The van der Waals surface area contributed by atoms with Crippen molar-refractivity contribution in [3.63, 3.8) is 0 Å². The summed E-state index contributed by atoms with van der Waals surface area (Å²) in [5.74, 6) is 0.0952. The third kappa shape index (κ3) is 4.92. The Labute approximate surface area is 171 Å². The van der Waals surface area contributed by atoms with Crippen LogP contribution in [0, 0.1) is 0 Å². The quantitative estimate of drug-likeness (QED) is 0.718. The highest BCUT2D eigenvalue weighted by Crippen LogP contribution is 2.26. The van der Waals surface area contributed by atoms with Crippen molar-refractivity contribution >= 4 is 21.4 Å². The van der Waals surface area contributed by atoms with Gasteiger partial charge in [-0.3, -0.25) is 0 Å². The molecule has 0 spiro atoms. The van der Waals surface area contributed by atoms with Crippen LogP contribution in [0.4, 0.5) is 0 Å². The molecular formula is C20H27N3O3S2. The van der Waals surface area contributed by atoms with Crippen LogP contribution in [0.2, 0.25) is 0 Å². The minimum Gasteiger partial charge on any atom is -0.467 e. The van der Waals surface area contributed by atoms with Gasteiger partial charge >= 0.3 is 0 Å². The van der Waals surface area contributed by atoms with Gasteiger partial charge in [0.25, 0.3) is 5.19 Å². The summed E-state index contributed by atoms with van der Waals surface area (Å²) in [6, 6.07) is 9.92. The standard InChI is InChI=1S/C20H27N3O3S2/c24-28(25,16-17-4-2-1-3-5-17)23-13-6-18(7-14-23)22-11-8-19(9-12-22)26-20-21-10-15-27-20/h1-5,10,15,18-19H,6-9,11-14,16H2. The van der Waals surface area contributed by atoms with Gasteiger partial charge < -0.3 is 9.64 Å². The summed E-state index contributed by atoms with van der Waals surface area (Å²) in [6.45, 7) is 3.26. The molecular weight excluding hydrogens is 394 g/mol. The first kappa shape index (κ1) is 19.8. The maximum absolute atomic E-state index is 12.7. The Morgan fingerprint density at radius 3 is 2.39 bits per heavy atom. The van der Waals surface area contributed by atoms with Crippen molar-refractivity contribution in [3.05, 3.63) is 47.5 Å². The highest BCUT2D eigenvalue weighted by atomic mass is 32.2. The SMILES string of the molecule is O=S(=O)(Cc1ccccc1)N1CCC(N2CCC(Oc3nccs3)CC2)CC1. The van der Waals surface area contributed by atoms with E-state index < -0.39 is 10.0 Å². The maximum Gasteiger partial charge on any atom is 0.273 e. The zero-order valence-electron chi connectivity index (χ0n) is 15.9. The van der Waals surface area contributed by atoms with Crippen LogP contribution in [0.25, 0.3) is 0 Å². The fourth-order valence-electron chi connectivity index (χ4n) is 4.13. The number of hydrogen-bond acceptors (Lipinski definition) is 6. The molecule has 0 amide bonds. The lowest BCUT2D eigenvalue weighted by Gasteiger charge is -2.41. The summed E-state index contributed by atoms with van der Waals surface area (Å²) in [5.41, 5.74) is 0.854. The van der Waals surface area contributed by atoms with Gasteiger partial charge in [0.15, 0.2) is 0 Å². The van der Waals surface area contributed by atoms with E-state index in [1.165, 1.54) is 11.3 Å². The average Bonchev–Trinajstić information content (AvgIpc) is 3.22. The van der Waals surface area contributed by atoms with E-state index in [1.807, 2.05) is 35.7 Å². The summed E-state index contributed by atoms with van der Waals surface area (Å²) in [6.07, 6.45) is 5.85. The van der Waals surface area contributed by atoms with E-state index in [0.29, 0.717) is 19.1 Å². The van der Waals surface area contributed by atoms with Crippen molar-refractivity contribution in [2.24, 2.45) is 0 Å². The summed E-state index contributed by atoms with van der Waals surface area (Å²) >= 11 is 1.54. The molecule has 3 heterocycles. The largest absolute Gasteiger partial charge is 0.467 e. The van der Waals surface area contributed by atoms with E-state index in [9.17, 15) is 8.42 Å². The molecule has 152 valence electrons. The molecule has 0 saturated carbocycles. The molecule has 0 unspecified atom stereocenters. The van der Waals surface area contributed by atoms with Crippen LogP contribution in [0.1, 0.15) is 31.2 Å². The molecule has 1 aromatic carbocycles. The van der Waals surface area contributed by atoms with Crippen molar-refractivity contribution in [2.75, 3.05) is 26.2 Å². The smallest absolute Gasteiger partial charge is 0.273 e. The summed E-state index contributed by atoms with van der Waals surface area (Å²) < 4.78 is 33.1. The third-order valence-corrected chi connectivity index (χ3v) is 8.19. The Balaban J connectivity index is 1.24. The van der Waals surface area contributed by atoms with Crippen LogP contribution < -0.4 is 4.74 Å². The number of aromatic nitrogens is 1. The predicted octanol–water partition coefficient (Wildman–Crippen LogP) is 2.98. The normalized spacial score (nSPS) is 21.0. The number of rotatable bonds is 6. The molecule has 0 aliphatic carbocycles. The van der Waals surface area contributed by atoms with Crippen LogP contribution in [0.15, 0.2) is 41.9 Å². The minimum atomic E-state index is -3.24. The second-order valence-electron chi connectivity index (χ2n) is 7.52. The number of ether oxygens (including phenoxy) is 1. The molecule has 28 heavy (non-hydrogen) atoms. The Kier molecular flexibility index (Phi) is 6.30. The molecule has 8 heteroatoms. The molecule has 2 aliphatic heterocycles. The van der Waals surface area contributed by atoms with Crippen LogP contribution in [-0.2, 0) is 15.8 Å². The van der Waals surface area contributed by atoms with Crippen molar-refractivity contribution in [1.29, 1.82) is 0 Å². The lowest BCUT2D eigenvalue weighted by molar-refractivity contribution is 0.0584. The first-order valence-corrected chi connectivity index (χ1v) is 12.4. The molecule has 0 radical (unpaired) electrons. The van der Waals surface area contributed by atoms with Gasteiger partial charge in [-0.1, -0.05) is 41.7 Å². The lowest BCUT2D eigenvalue weighted by Crippen LogP contribution is -2.50. The Morgan fingerprint density at radius 2 is 1.75 bits per heavy atom. The van der Waals surface area contributed by atoms with E-state index in [0.717, 1.165) is 49.5 Å². The minimum absolute atomic E-state index is 0.0952. The van der Waals surface area contributed by atoms with Crippen LogP contribution in [0.5, 0.6) is 5.19 Å². The molecule has 2 fully saturated rings. The van der Waals surface area contributed by atoms with Gasteiger partial charge in [0, 0.05) is 43.8 Å². The zero-order valence-corrected chi connectivity index (χ0v) is 17.6. The van der Waals surface area contributed by atoms with E-state index in [-0.39, 0.29) is 11.9 Å². The van der Waals surface area contributed by atoms with Crippen LogP contribution in [0.3, 0.4) is 0 Å². The number of thiazole rings is 1. The predicted molar refractivity (Wildman–Crippen MR) is 111 cm³/mol. The molecule has 2 aliphatic rings. The number of hydrogen-bond donors (Lipinski definition) is 0. The Hall–Kier alpha value is -1.48. The van der Waals surface area contributed by atoms with Crippen molar-refractivity contribution in [1.82, 2.24) is 14.2 Å². The van der Waals surface area contributed by atoms with Gasteiger partial charge in [-0.25, -0.2) is 17.7 Å². The Morgan fingerprint density at radius 1 is 1.04 bits per heavy atom. The highest BCUT2D eigenvalue weighted by Gasteiger charge is 2.32. The van der Waals surface area contributed by atoms with Gasteiger partial charge in [-0.05, 0) is 31.2 Å². The van der Waals surface area contributed by atoms with Crippen molar-refractivity contribution in [3.8, 4) is 5.19 Å². The molecule has 2 aromatic rings. The molecule has 1 aromatic heterocycles. The van der Waals surface area contributed by atoms with E-state index in [1.54, 1.807) is 10.5 Å². The van der Waals surface area contributed by atoms with Crippen molar-refractivity contribution < 1.29 is 13.2 Å². The number of nitrogens with zero attached hydrogens (tertiary/aromatic N) is 3. The monoisotopic (exact) mass is 421 g/mol. The average molecular weight is 422 g/mol. The second kappa shape index (κ2) is 8.90. The van der Waals surface area contributed by atoms with Gasteiger partial charge in [-0.15, -0.1) is 0 Å². The fourth-order valence-corrected chi connectivity index (χ4v) is 6.25. The fraction of sp³-hybridized carbons (Fsp3) is 0.550. The topological polar surface area (TPSA) is 62.7 Å². The first-order valence-electron chi connectivity index (χ1n) is 9.92. The zero-order chi connectivity index (χ0) is 19.4. The highest BCUT2D eigenvalue weighted by molar-refractivity contribution is 7.88. The van der Waals surface area contributed by atoms with E-state index in [4.69, 9.17) is 4.74 Å². The number of benzene rings is 1. The number of sulfonamides is 1. The van der Waals surface area contributed by atoms with Crippen LogP contribution >= 0.6 is 11.3 Å². The molecule has 6 nitrogen and oxygen atoms in total. The van der Waals surface area contributed by atoms with Crippen molar-refractivity contribution in [2.45, 2.75) is 43.6 Å². The second-order valence-corrected chi connectivity index (χ2v) is 10.3. The first-order chi connectivity index (χ1) is 13.6. The molecule has 4 rings (SSSR count). The molecule has 0 bridgehead atoms. The Bertz CT molecular complexity index is 827. The van der Waals surface area contributed by atoms with Crippen LogP contribution in [-0.4, -0.2) is 60.9 Å². The van der Waals surface area contributed by atoms with Gasteiger partial charge in [0.2, 0.25) is 10.0 Å². The van der Waals surface area contributed by atoms with E-state index >= 15 is 0 Å². The molecule has 0 N–H and O–H groups in total. The lowest BCUT2D eigenvalue weighted by atomic mass is 10.00. The summed E-state index contributed by atoms with van der Waals surface area (Å²) in [7, 11) is -3.24.